The number of carbonyl (C=O) groups is 2. The van der Waals surface area contributed by atoms with Crippen molar-refractivity contribution in [2.24, 2.45) is 0 Å². The van der Waals surface area contributed by atoms with E-state index in [2.05, 4.69) is 10.1 Å². The van der Waals surface area contributed by atoms with Crippen LogP contribution in [0.4, 0.5) is 5.69 Å². The van der Waals surface area contributed by atoms with E-state index < -0.39 is 5.97 Å². The fraction of sp³-hybridized carbons (Fsp3) is 0.200. The number of rotatable bonds is 4. The molecule has 1 amide bonds. The monoisotopic (exact) mass is 362 g/mol. The van der Waals surface area contributed by atoms with Gasteiger partial charge in [0.2, 0.25) is 0 Å². The molecule has 27 heavy (non-hydrogen) atoms. The Morgan fingerprint density at radius 3 is 2.67 bits per heavy atom. The highest BCUT2D eigenvalue weighted by Crippen LogP contribution is 2.31. The van der Waals surface area contributed by atoms with E-state index in [1.165, 1.54) is 6.33 Å². The molecule has 0 aliphatic carbocycles. The zero-order valence-electron chi connectivity index (χ0n) is 14.8. The van der Waals surface area contributed by atoms with Gasteiger partial charge in [-0.05, 0) is 49.2 Å². The molecule has 1 unspecified atom stereocenters. The molecule has 7 heteroatoms. The topological polar surface area (TPSA) is 77.3 Å². The van der Waals surface area contributed by atoms with Crippen LogP contribution in [0.5, 0.6) is 0 Å². The Bertz CT molecular complexity index is 967. The lowest BCUT2D eigenvalue weighted by Gasteiger charge is -2.22. The lowest BCUT2D eigenvalue weighted by atomic mass is 10.1. The van der Waals surface area contributed by atoms with E-state index in [4.69, 9.17) is 4.74 Å². The summed E-state index contributed by atoms with van der Waals surface area (Å²) in [6.45, 7) is 1.70. The van der Waals surface area contributed by atoms with Crippen molar-refractivity contribution in [2.75, 3.05) is 11.5 Å². The summed E-state index contributed by atoms with van der Waals surface area (Å²) in [4.78, 5) is 30.4. The number of para-hydroxylation sites is 1. The van der Waals surface area contributed by atoms with Gasteiger partial charge in [0.15, 0.2) is 6.61 Å². The Hall–Kier alpha value is -3.48. The predicted molar refractivity (Wildman–Crippen MR) is 98.7 cm³/mol. The van der Waals surface area contributed by atoms with Crippen LogP contribution in [0, 0.1) is 0 Å². The summed E-state index contributed by atoms with van der Waals surface area (Å²) in [6, 6.07) is 14.6. The van der Waals surface area contributed by atoms with E-state index in [9.17, 15) is 9.59 Å². The molecule has 1 aliphatic heterocycles. The molecule has 1 aliphatic rings. The molecule has 7 nitrogen and oxygen atoms in total. The molecule has 0 fully saturated rings. The summed E-state index contributed by atoms with van der Waals surface area (Å²) in [5.41, 5.74) is 3.18. The largest absolute Gasteiger partial charge is 0.452 e. The molecule has 0 saturated carbocycles. The lowest BCUT2D eigenvalue weighted by Crippen LogP contribution is -2.38. The Kier molecular flexibility index (Phi) is 4.42. The van der Waals surface area contributed by atoms with Gasteiger partial charge in [0.05, 0.1) is 11.3 Å². The van der Waals surface area contributed by atoms with Gasteiger partial charge in [0.25, 0.3) is 5.91 Å². The third kappa shape index (κ3) is 3.31. The predicted octanol–water partition coefficient (Wildman–Crippen LogP) is 2.40. The number of ether oxygens (including phenoxy) is 1. The smallest absolute Gasteiger partial charge is 0.338 e. The molecule has 4 rings (SSSR count). The molecule has 2 heterocycles. The van der Waals surface area contributed by atoms with Crippen LogP contribution in [0.2, 0.25) is 0 Å². The minimum absolute atomic E-state index is 0.0514. The summed E-state index contributed by atoms with van der Waals surface area (Å²) >= 11 is 0. The number of carbonyl (C=O) groups excluding carboxylic acids is 2. The molecule has 0 saturated heterocycles. The Morgan fingerprint density at radius 1 is 1.15 bits per heavy atom. The van der Waals surface area contributed by atoms with Crippen molar-refractivity contribution < 1.29 is 14.3 Å². The number of benzene rings is 2. The van der Waals surface area contributed by atoms with Crippen molar-refractivity contribution in [3.8, 4) is 5.69 Å². The number of aromatic nitrogens is 3. The van der Waals surface area contributed by atoms with Crippen LogP contribution in [-0.4, -0.2) is 39.3 Å². The first-order chi connectivity index (χ1) is 13.1. The number of hydrogen-bond acceptors (Lipinski definition) is 5. The van der Waals surface area contributed by atoms with Gasteiger partial charge < -0.3 is 9.64 Å². The van der Waals surface area contributed by atoms with Crippen LogP contribution in [0.1, 0.15) is 22.8 Å². The van der Waals surface area contributed by atoms with Crippen molar-refractivity contribution in [3.05, 3.63) is 72.3 Å². The first-order valence-electron chi connectivity index (χ1n) is 8.65. The summed E-state index contributed by atoms with van der Waals surface area (Å²) in [5.74, 6) is -0.756. The Labute approximate surface area is 156 Å². The molecule has 0 N–H and O–H groups in total. The molecule has 3 aromatic rings. The zero-order valence-corrected chi connectivity index (χ0v) is 14.8. The molecule has 0 spiro atoms. The van der Waals surface area contributed by atoms with E-state index in [-0.39, 0.29) is 18.6 Å². The lowest BCUT2D eigenvalue weighted by molar-refractivity contribution is -0.122. The number of amides is 1. The summed E-state index contributed by atoms with van der Waals surface area (Å²) in [5, 5.41) is 4.03. The average Bonchev–Trinajstić information content (AvgIpc) is 3.33. The summed E-state index contributed by atoms with van der Waals surface area (Å²) in [7, 11) is 0. The highest BCUT2D eigenvalue weighted by molar-refractivity contribution is 5.99. The summed E-state index contributed by atoms with van der Waals surface area (Å²) in [6.07, 6.45) is 3.81. The number of esters is 1. The minimum atomic E-state index is -0.534. The SMILES string of the molecule is CC1Cc2ccccc2N1C(=O)COC(=O)c1ccc(-n2cncn2)cc1. The fourth-order valence-corrected chi connectivity index (χ4v) is 3.32. The number of nitrogens with zero attached hydrogens (tertiary/aromatic N) is 4. The average molecular weight is 362 g/mol. The first kappa shape index (κ1) is 17.0. The number of hydrogen-bond donors (Lipinski definition) is 0. The second-order valence-corrected chi connectivity index (χ2v) is 6.41. The van der Waals surface area contributed by atoms with E-state index in [1.54, 1.807) is 40.2 Å². The third-order valence-electron chi connectivity index (χ3n) is 4.59. The van der Waals surface area contributed by atoms with Crippen LogP contribution >= 0.6 is 0 Å². The van der Waals surface area contributed by atoms with Crippen LogP contribution in [0.3, 0.4) is 0 Å². The van der Waals surface area contributed by atoms with Crippen molar-refractivity contribution in [1.29, 1.82) is 0 Å². The number of fused-ring (bicyclic) bond motifs is 1. The van der Waals surface area contributed by atoms with E-state index in [0.717, 1.165) is 23.4 Å². The molecular weight excluding hydrogens is 344 g/mol. The third-order valence-corrected chi connectivity index (χ3v) is 4.59. The highest BCUT2D eigenvalue weighted by atomic mass is 16.5. The van der Waals surface area contributed by atoms with Crippen molar-refractivity contribution in [2.45, 2.75) is 19.4 Å². The van der Waals surface area contributed by atoms with Crippen LogP contribution < -0.4 is 4.90 Å². The normalized spacial score (nSPS) is 15.4. The second-order valence-electron chi connectivity index (χ2n) is 6.41. The zero-order chi connectivity index (χ0) is 18.8. The van der Waals surface area contributed by atoms with Gasteiger partial charge in [0, 0.05) is 11.7 Å². The maximum atomic E-state index is 12.6. The van der Waals surface area contributed by atoms with Crippen molar-refractivity contribution in [3.63, 3.8) is 0 Å². The Morgan fingerprint density at radius 2 is 1.93 bits per heavy atom. The highest BCUT2D eigenvalue weighted by Gasteiger charge is 2.31. The standard InChI is InChI=1S/C20H18N4O3/c1-14-10-16-4-2-3-5-18(16)24(14)19(25)11-27-20(26)15-6-8-17(9-7-15)23-13-21-12-22-23/h2-9,12-14H,10-11H2,1H3. The maximum absolute atomic E-state index is 12.6. The quantitative estimate of drug-likeness (QED) is 0.666. The van der Waals surface area contributed by atoms with Crippen molar-refractivity contribution in [1.82, 2.24) is 14.8 Å². The van der Waals surface area contributed by atoms with E-state index in [1.807, 2.05) is 31.2 Å². The number of anilines is 1. The van der Waals surface area contributed by atoms with Gasteiger partial charge in [0.1, 0.15) is 12.7 Å². The van der Waals surface area contributed by atoms with E-state index >= 15 is 0 Å². The fourth-order valence-electron chi connectivity index (χ4n) is 3.32. The molecular formula is C20H18N4O3. The van der Waals surface area contributed by atoms with Crippen LogP contribution in [0.15, 0.2) is 61.2 Å². The molecule has 0 bridgehead atoms. The second kappa shape index (κ2) is 7.03. The van der Waals surface area contributed by atoms with Gasteiger partial charge >= 0.3 is 5.97 Å². The summed E-state index contributed by atoms with van der Waals surface area (Å²) < 4.78 is 6.82. The maximum Gasteiger partial charge on any atom is 0.338 e. The van der Waals surface area contributed by atoms with Gasteiger partial charge in [-0.25, -0.2) is 14.5 Å². The van der Waals surface area contributed by atoms with Crippen LogP contribution in [0.25, 0.3) is 5.69 Å². The van der Waals surface area contributed by atoms with Gasteiger partial charge in [-0.1, -0.05) is 18.2 Å². The van der Waals surface area contributed by atoms with E-state index in [0.29, 0.717) is 5.56 Å². The van der Waals surface area contributed by atoms with Gasteiger partial charge in [-0.15, -0.1) is 0 Å². The molecule has 1 atom stereocenters. The molecule has 2 aromatic carbocycles. The van der Waals surface area contributed by atoms with Gasteiger partial charge in [-0.2, -0.15) is 5.10 Å². The molecule has 136 valence electrons. The molecule has 0 radical (unpaired) electrons. The minimum Gasteiger partial charge on any atom is -0.452 e. The van der Waals surface area contributed by atoms with Crippen LogP contribution in [-0.2, 0) is 16.0 Å². The Balaban J connectivity index is 1.40. The molecule has 1 aromatic heterocycles. The van der Waals surface area contributed by atoms with Gasteiger partial charge in [-0.3, -0.25) is 4.79 Å². The van der Waals surface area contributed by atoms with Crippen molar-refractivity contribution >= 4 is 17.6 Å². The first-order valence-corrected chi connectivity index (χ1v) is 8.65.